The molecule has 2 aromatic carbocycles. The van der Waals surface area contributed by atoms with E-state index in [1.165, 1.54) is 12.4 Å². The predicted molar refractivity (Wildman–Crippen MR) is 104 cm³/mol. The van der Waals surface area contributed by atoms with Crippen LogP contribution in [0.4, 0.5) is 5.82 Å². The molecule has 0 saturated heterocycles. The van der Waals surface area contributed by atoms with Gasteiger partial charge in [0.2, 0.25) is 10.0 Å². The Bertz CT molecular complexity index is 1230. The number of anilines is 1. The molecule has 0 amide bonds. The quantitative estimate of drug-likeness (QED) is 0.546. The van der Waals surface area contributed by atoms with E-state index >= 15 is 0 Å². The Labute approximate surface area is 156 Å². The number of aromatic nitrogens is 2. The van der Waals surface area contributed by atoms with E-state index in [0.717, 1.165) is 22.0 Å². The number of furan rings is 1. The molecule has 7 nitrogen and oxygen atoms in total. The summed E-state index contributed by atoms with van der Waals surface area (Å²) in [6.45, 7) is 2.00. The highest BCUT2D eigenvalue weighted by Crippen LogP contribution is 2.32. The smallest absolute Gasteiger partial charge is 0.238 e. The largest absolute Gasteiger partial charge is 0.450 e. The minimum Gasteiger partial charge on any atom is -0.450 e. The zero-order valence-electron chi connectivity index (χ0n) is 14.6. The highest BCUT2D eigenvalue weighted by molar-refractivity contribution is 7.89. The monoisotopic (exact) mass is 382 g/mol. The Morgan fingerprint density at radius 2 is 1.96 bits per heavy atom. The molecule has 0 aliphatic carbocycles. The van der Waals surface area contributed by atoms with E-state index in [2.05, 4.69) is 15.3 Å². The maximum atomic E-state index is 11.7. The summed E-state index contributed by atoms with van der Waals surface area (Å²) in [5, 5.41) is 9.52. The van der Waals surface area contributed by atoms with Crippen molar-refractivity contribution in [2.24, 2.45) is 5.14 Å². The minimum atomic E-state index is -3.76. The first-order valence-electron chi connectivity index (χ1n) is 8.49. The number of sulfonamides is 1. The van der Waals surface area contributed by atoms with Gasteiger partial charge in [-0.15, -0.1) is 0 Å². The third kappa shape index (κ3) is 3.24. The van der Waals surface area contributed by atoms with Gasteiger partial charge in [-0.2, -0.15) is 0 Å². The summed E-state index contributed by atoms with van der Waals surface area (Å²) in [6, 6.07) is 14.1. The lowest BCUT2D eigenvalue weighted by molar-refractivity contribution is 0.597. The van der Waals surface area contributed by atoms with Crippen molar-refractivity contribution >= 4 is 37.9 Å². The van der Waals surface area contributed by atoms with Gasteiger partial charge < -0.3 is 9.73 Å². The van der Waals surface area contributed by atoms with E-state index < -0.39 is 10.0 Å². The number of primary sulfonamides is 1. The third-order valence-corrected chi connectivity index (χ3v) is 5.38. The molecular weight excluding hydrogens is 364 g/mol. The van der Waals surface area contributed by atoms with Crippen molar-refractivity contribution in [3.8, 4) is 0 Å². The topological polar surface area (TPSA) is 111 Å². The number of rotatable bonds is 5. The first kappa shape index (κ1) is 17.4. The molecule has 0 aliphatic rings. The number of hydrogen-bond donors (Lipinski definition) is 2. The number of nitrogens with one attached hydrogen (secondary N) is 1. The molecule has 1 atom stereocenters. The van der Waals surface area contributed by atoms with E-state index in [1.807, 2.05) is 37.3 Å². The number of benzene rings is 2. The van der Waals surface area contributed by atoms with Crippen molar-refractivity contribution in [1.29, 1.82) is 0 Å². The molecule has 0 radical (unpaired) electrons. The molecule has 0 bridgehead atoms. The fraction of sp³-hybridized carbons (Fsp3) is 0.158. The minimum absolute atomic E-state index is 0.0804. The van der Waals surface area contributed by atoms with Gasteiger partial charge in [0.15, 0.2) is 11.4 Å². The molecule has 138 valence electrons. The second-order valence-corrected chi connectivity index (χ2v) is 7.78. The standard InChI is InChI=1S/C19H18N4O3S/c1-2-15(12-6-5-7-13(10-12)27(20,24)25)23-19-18-17(21-11-22-19)14-8-3-4-9-16(14)26-18/h3-11,15H,2H2,1H3,(H2,20,24,25)(H,21,22,23). The predicted octanol–water partition coefficient (Wildman–Crippen LogP) is 3.59. The molecule has 27 heavy (non-hydrogen) atoms. The van der Waals surface area contributed by atoms with Gasteiger partial charge >= 0.3 is 0 Å². The van der Waals surface area contributed by atoms with E-state index in [0.29, 0.717) is 17.8 Å². The van der Waals surface area contributed by atoms with E-state index in [-0.39, 0.29) is 10.9 Å². The Morgan fingerprint density at radius 3 is 2.74 bits per heavy atom. The number of nitrogens with zero attached hydrogens (tertiary/aromatic N) is 2. The van der Waals surface area contributed by atoms with Crippen LogP contribution in [0.1, 0.15) is 24.9 Å². The number of hydrogen-bond acceptors (Lipinski definition) is 6. The fourth-order valence-corrected chi connectivity index (χ4v) is 3.69. The lowest BCUT2D eigenvalue weighted by atomic mass is 10.0. The molecule has 0 spiro atoms. The average molecular weight is 382 g/mol. The van der Waals surface area contributed by atoms with Gasteiger partial charge in [0.05, 0.1) is 10.9 Å². The Kier molecular flexibility index (Phi) is 4.29. The second kappa shape index (κ2) is 6.64. The van der Waals surface area contributed by atoms with E-state index in [4.69, 9.17) is 9.56 Å². The Morgan fingerprint density at radius 1 is 1.15 bits per heavy atom. The zero-order valence-corrected chi connectivity index (χ0v) is 15.4. The van der Waals surface area contributed by atoms with Gasteiger partial charge in [0.1, 0.15) is 17.4 Å². The zero-order chi connectivity index (χ0) is 19.0. The van der Waals surface area contributed by atoms with Crippen LogP contribution in [-0.2, 0) is 10.0 Å². The molecule has 2 aromatic heterocycles. The van der Waals surface area contributed by atoms with Crippen LogP contribution in [0, 0.1) is 0 Å². The molecule has 3 N–H and O–H groups in total. The fourth-order valence-electron chi connectivity index (χ4n) is 3.12. The SMILES string of the molecule is CCC(Nc1ncnc2c1oc1ccccc12)c1cccc(S(N)(=O)=O)c1. The van der Waals surface area contributed by atoms with Crippen LogP contribution >= 0.6 is 0 Å². The summed E-state index contributed by atoms with van der Waals surface area (Å²) in [5.41, 5.74) is 2.84. The highest BCUT2D eigenvalue weighted by atomic mass is 32.2. The molecule has 4 rings (SSSR count). The van der Waals surface area contributed by atoms with Crippen LogP contribution in [0.3, 0.4) is 0 Å². The molecule has 0 saturated carbocycles. The van der Waals surface area contributed by atoms with Crippen LogP contribution in [0.2, 0.25) is 0 Å². The Hall–Kier alpha value is -2.97. The maximum Gasteiger partial charge on any atom is 0.238 e. The molecule has 1 unspecified atom stereocenters. The van der Waals surface area contributed by atoms with Crippen molar-refractivity contribution < 1.29 is 12.8 Å². The summed E-state index contributed by atoms with van der Waals surface area (Å²) >= 11 is 0. The van der Waals surface area contributed by atoms with Gasteiger partial charge in [0, 0.05) is 5.39 Å². The molecule has 4 aromatic rings. The maximum absolute atomic E-state index is 11.7. The van der Waals surface area contributed by atoms with Crippen LogP contribution in [0.5, 0.6) is 0 Å². The summed E-state index contributed by atoms with van der Waals surface area (Å²) in [5.74, 6) is 0.559. The normalized spacial score (nSPS) is 13.1. The van der Waals surface area contributed by atoms with Gasteiger partial charge in [-0.05, 0) is 36.2 Å². The molecular formula is C19H18N4O3S. The van der Waals surface area contributed by atoms with Crippen molar-refractivity contribution in [2.45, 2.75) is 24.3 Å². The van der Waals surface area contributed by atoms with Gasteiger partial charge in [-0.3, -0.25) is 0 Å². The van der Waals surface area contributed by atoms with E-state index in [1.54, 1.807) is 12.1 Å². The van der Waals surface area contributed by atoms with E-state index in [9.17, 15) is 8.42 Å². The van der Waals surface area contributed by atoms with Crippen molar-refractivity contribution in [3.05, 3.63) is 60.4 Å². The number of fused-ring (bicyclic) bond motifs is 3. The number of nitrogens with two attached hydrogens (primary N) is 1. The summed E-state index contributed by atoms with van der Waals surface area (Å²) < 4.78 is 29.2. The first-order valence-corrected chi connectivity index (χ1v) is 10.0. The van der Waals surface area contributed by atoms with Crippen molar-refractivity contribution in [2.75, 3.05) is 5.32 Å². The van der Waals surface area contributed by atoms with Crippen LogP contribution in [0.15, 0.2) is 64.2 Å². The van der Waals surface area contributed by atoms with Crippen LogP contribution in [-0.4, -0.2) is 18.4 Å². The highest BCUT2D eigenvalue weighted by Gasteiger charge is 2.18. The van der Waals surface area contributed by atoms with Gasteiger partial charge in [-0.25, -0.2) is 23.5 Å². The molecule has 8 heteroatoms. The molecule has 0 aliphatic heterocycles. The lowest BCUT2D eigenvalue weighted by Crippen LogP contribution is -2.15. The van der Waals surface area contributed by atoms with Crippen molar-refractivity contribution in [1.82, 2.24) is 9.97 Å². The summed E-state index contributed by atoms with van der Waals surface area (Å²) in [6.07, 6.45) is 2.19. The molecule has 0 fully saturated rings. The summed E-state index contributed by atoms with van der Waals surface area (Å²) in [7, 11) is -3.76. The second-order valence-electron chi connectivity index (χ2n) is 6.22. The number of para-hydroxylation sites is 1. The van der Waals surface area contributed by atoms with Crippen molar-refractivity contribution in [3.63, 3.8) is 0 Å². The molecule has 2 heterocycles. The van der Waals surface area contributed by atoms with Gasteiger partial charge in [0.25, 0.3) is 0 Å². The van der Waals surface area contributed by atoms with Crippen LogP contribution in [0.25, 0.3) is 22.1 Å². The average Bonchev–Trinajstić information content (AvgIpc) is 3.05. The summed E-state index contributed by atoms with van der Waals surface area (Å²) in [4.78, 5) is 8.75. The van der Waals surface area contributed by atoms with Gasteiger partial charge in [-0.1, -0.05) is 31.2 Å². The third-order valence-electron chi connectivity index (χ3n) is 4.47. The Balaban J connectivity index is 1.76. The lowest BCUT2D eigenvalue weighted by Gasteiger charge is -2.18. The van der Waals surface area contributed by atoms with Crippen LogP contribution < -0.4 is 10.5 Å². The first-order chi connectivity index (χ1) is 13.0.